The van der Waals surface area contributed by atoms with Gasteiger partial charge in [0.05, 0.1) is 0 Å². The number of carboxylic acids is 1. The van der Waals surface area contributed by atoms with E-state index in [0.29, 0.717) is 17.6 Å². The average Bonchev–Trinajstić information content (AvgIpc) is 2.37. The molecule has 1 N–H and O–H groups in total. The second kappa shape index (κ2) is 5.00. The van der Waals surface area contributed by atoms with Gasteiger partial charge in [0.1, 0.15) is 17.1 Å². The standard InChI is InChI=1S/C13H12FNO3/c1-2-8-3-4-9-11(18-7-12(16)17)6-5-10(14)13(9)15-8/h3-6H,2,7H2,1H3,(H,16,17). The lowest BCUT2D eigenvalue weighted by molar-refractivity contribution is -0.139. The SMILES string of the molecule is CCc1ccc2c(OCC(=O)O)ccc(F)c2n1. The Morgan fingerprint density at radius 2 is 2.17 bits per heavy atom. The van der Waals surface area contributed by atoms with Gasteiger partial charge < -0.3 is 9.84 Å². The molecule has 0 aliphatic carbocycles. The lowest BCUT2D eigenvalue weighted by Crippen LogP contribution is -2.09. The molecule has 1 aromatic carbocycles. The van der Waals surface area contributed by atoms with Gasteiger partial charge in [-0.3, -0.25) is 0 Å². The third-order valence-electron chi connectivity index (χ3n) is 2.54. The molecule has 2 rings (SSSR count). The molecule has 0 saturated carbocycles. The third-order valence-corrected chi connectivity index (χ3v) is 2.54. The summed E-state index contributed by atoms with van der Waals surface area (Å²) in [4.78, 5) is 14.6. The summed E-state index contributed by atoms with van der Waals surface area (Å²) >= 11 is 0. The predicted octanol–water partition coefficient (Wildman–Crippen LogP) is 2.40. The van der Waals surface area contributed by atoms with Gasteiger partial charge in [-0.25, -0.2) is 14.2 Å². The Morgan fingerprint density at radius 3 is 2.83 bits per heavy atom. The van der Waals surface area contributed by atoms with E-state index in [0.717, 1.165) is 5.69 Å². The van der Waals surface area contributed by atoms with Crippen molar-refractivity contribution in [3.63, 3.8) is 0 Å². The minimum atomic E-state index is -1.08. The summed E-state index contributed by atoms with van der Waals surface area (Å²) in [5.74, 6) is -1.20. The zero-order valence-electron chi connectivity index (χ0n) is 9.81. The number of hydrogen-bond acceptors (Lipinski definition) is 3. The minimum absolute atomic E-state index is 0.206. The lowest BCUT2D eigenvalue weighted by Gasteiger charge is -2.08. The molecule has 0 saturated heterocycles. The summed E-state index contributed by atoms with van der Waals surface area (Å²) < 4.78 is 18.8. The molecule has 1 heterocycles. The molecule has 2 aromatic rings. The number of halogens is 1. The smallest absolute Gasteiger partial charge is 0.341 e. The highest BCUT2D eigenvalue weighted by Crippen LogP contribution is 2.27. The van der Waals surface area contributed by atoms with Crippen molar-refractivity contribution in [3.8, 4) is 5.75 Å². The van der Waals surface area contributed by atoms with Gasteiger partial charge >= 0.3 is 5.97 Å². The van der Waals surface area contributed by atoms with E-state index in [4.69, 9.17) is 9.84 Å². The maximum Gasteiger partial charge on any atom is 0.341 e. The van der Waals surface area contributed by atoms with Crippen LogP contribution in [0.2, 0.25) is 0 Å². The summed E-state index contributed by atoms with van der Waals surface area (Å²) in [6.45, 7) is 1.47. The van der Waals surface area contributed by atoms with Crippen molar-refractivity contribution in [2.24, 2.45) is 0 Å². The van der Waals surface area contributed by atoms with Crippen molar-refractivity contribution < 1.29 is 19.0 Å². The van der Waals surface area contributed by atoms with E-state index in [1.165, 1.54) is 12.1 Å². The van der Waals surface area contributed by atoms with Crippen LogP contribution in [-0.4, -0.2) is 22.7 Å². The van der Waals surface area contributed by atoms with E-state index in [1.807, 2.05) is 6.92 Å². The second-order valence-corrected chi connectivity index (χ2v) is 3.78. The molecular formula is C13H12FNO3. The van der Waals surface area contributed by atoms with Crippen LogP contribution in [0.1, 0.15) is 12.6 Å². The first-order chi connectivity index (χ1) is 8.61. The van der Waals surface area contributed by atoms with Gasteiger partial charge in [-0.15, -0.1) is 0 Å². The minimum Gasteiger partial charge on any atom is -0.481 e. The second-order valence-electron chi connectivity index (χ2n) is 3.78. The van der Waals surface area contributed by atoms with Crippen molar-refractivity contribution in [1.82, 2.24) is 4.98 Å². The molecule has 94 valence electrons. The van der Waals surface area contributed by atoms with Gasteiger partial charge in [0, 0.05) is 11.1 Å². The number of hydrogen-bond donors (Lipinski definition) is 1. The van der Waals surface area contributed by atoms with Crippen molar-refractivity contribution in [2.75, 3.05) is 6.61 Å². The van der Waals surface area contributed by atoms with E-state index >= 15 is 0 Å². The molecule has 0 amide bonds. The van der Waals surface area contributed by atoms with Crippen molar-refractivity contribution >= 4 is 16.9 Å². The van der Waals surface area contributed by atoms with E-state index in [-0.39, 0.29) is 5.52 Å². The van der Waals surface area contributed by atoms with Gasteiger partial charge in [0.2, 0.25) is 0 Å². The van der Waals surface area contributed by atoms with Crippen molar-refractivity contribution in [1.29, 1.82) is 0 Å². The molecule has 0 radical (unpaired) electrons. The molecule has 18 heavy (non-hydrogen) atoms. The highest BCUT2D eigenvalue weighted by molar-refractivity contribution is 5.86. The van der Waals surface area contributed by atoms with Crippen LogP contribution in [0.4, 0.5) is 4.39 Å². The molecule has 0 aliphatic heterocycles. The number of pyridine rings is 1. The fourth-order valence-electron chi connectivity index (χ4n) is 1.66. The normalized spacial score (nSPS) is 10.6. The number of nitrogens with zero attached hydrogens (tertiary/aromatic N) is 1. The fraction of sp³-hybridized carbons (Fsp3) is 0.231. The van der Waals surface area contributed by atoms with E-state index in [1.54, 1.807) is 12.1 Å². The Morgan fingerprint density at radius 1 is 1.39 bits per heavy atom. The average molecular weight is 249 g/mol. The van der Waals surface area contributed by atoms with Crippen molar-refractivity contribution in [3.05, 3.63) is 35.8 Å². The maximum absolute atomic E-state index is 13.6. The topological polar surface area (TPSA) is 59.4 Å². The van der Waals surface area contributed by atoms with Crippen LogP contribution in [0.15, 0.2) is 24.3 Å². The van der Waals surface area contributed by atoms with Crippen LogP contribution < -0.4 is 4.74 Å². The first-order valence-corrected chi connectivity index (χ1v) is 5.54. The number of benzene rings is 1. The van der Waals surface area contributed by atoms with E-state index in [9.17, 15) is 9.18 Å². The first-order valence-electron chi connectivity index (χ1n) is 5.54. The highest BCUT2D eigenvalue weighted by Gasteiger charge is 2.10. The Labute approximate surface area is 103 Å². The molecule has 1 aromatic heterocycles. The molecule has 0 unspecified atom stereocenters. The molecule has 5 heteroatoms. The molecular weight excluding hydrogens is 237 g/mol. The lowest BCUT2D eigenvalue weighted by atomic mass is 10.1. The Bertz CT molecular complexity index is 598. The number of aryl methyl sites for hydroxylation is 1. The molecule has 0 spiro atoms. The summed E-state index contributed by atoms with van der Waals surface area (Å²) in [6, 6.07) is 6.11. The molecule has 0 atom stereocenters. The number of fused-ring (bicyclic) bond motifs is 1. The van der Waals surface area contributed by atoms with Crippen LogP contribution in [0.25, 0.3) is 10.9 Å². The number of aromatic nitrogens is 1. The van der Waals surface area contributed by atoms with Crippen LogP contribution in [-0.2, 0) is 11.2 Å². The predicted molar refractivity (Wildman–Crippen MR) is 64.2 cm³/mol. The van der Waals surface area contributed by atoms with Gasteiger partial charge in [-0.2, -0.15) is 0 Å². The summed E-state index contributed by atoms with van der Waals surface area (Å²) in [5, 5.41) is 9.05. The number of carboxylic acid groups (broad SMARTS) is 1. The number of rotatable bonds is 4. The van der Waals surface area contributed by atoms with Crippen molar-refractivity contribution in [2.45, 2.75) is 13.3 Å². The quantitative estimate of drug-likeness (QED) is 0.903. The van der Waals surface area contributed by atoms with Gasteiger partial charge in [-0.1, -0.05) is 6.92 Å². The van der Waals surface area contributed by atoms with E-state index in [2.05, 4.69) is 4.98 Å². The highest BCUT2D eigenvalue weighted by atomic mass is 19.1. The molecule has 0 aliphatic rings. The van der Waals surface area contributed by atoms with Crippen LogP contribution in [0.3, 0.4) is 0 Å². The Balaban J connectivity index is 2.49. The molecule has 4 nitrogen and oxygen atoms in total. The van der Waals surface area contributed by atoms with Crippen LogP contribution >= 0.6 is 0 Å². The maximum atomic E-state index is 13.6. The summed E-state index contributed by atoms with van der Waals surface area (Å²) in [6.07, 6.45) is 0.704. The van der Waals surface area contributed by atoms with Gasteiger partial charge in [0.15, 0.2) is 6.61 Å². The number of ether oxygens (including phenoxy) is 1. The number of aliphatic carboxylic acids is 1. The monoisotopic (exact) mass is 249 g/mol. The van der Waals surface area contributed by atoms with Crippen LogP contribution in [0.5, 0.6) is 5.75 Å². The Hall–Kier alpha value is -2.17. The summed E-state index contributed by atoms with van der Waals surface area (Å²) in [5.41, 5.74) is 0.981. The van der Waals surface area contributed by atoms with Gasteiger partial charge in [-0.05, 0) is 30.7 Å². The third kappa shape index (κ3) is 2.40. The van der Waals surface area contributed by atoms with E-state index < -0.39 is 18.4 Å². The zero-order chi connectivity index (χ0) is 13.1. The summed E-state index contributed by atoms with van der Waals surface area (Å²) in [7, 11) is 0. The first kappa shape index (κ1) is 12.3. The zero-order valence-corrected chi connectivity index (χ0v) is 9.81. The largest absolute Gasteiger partial charge is 0.481 e. The molecule has 0 fully saturated rings. The van der Waals surface area contributed by atoms with Crippen LogP contribution in [0, 0.1) is 5.82 Å². The van der Waals surface area contributed by atoms with Gasteiger partial charge in [0.25, 0.3) is 0 Å². The fourth-order valence-corrected chi connectivity index (χ4v) is 1.66. The number of carbonyl (C=O) groups is 1. The Kier molecular flexibility index (Phi) is 3.41. The molecule has 0 bridgehead atoms.